The van der Waals surface area contributed by atoms with E-state index in [1.54, 1.807) is 29.2 Å². The number of benzene rings is 1. The van der Waals surface area contributed by atoms with Crippen LogP contribution >= 0.6 is 0 Å². The minimum Gasteiger partial charge on any atom is -0.348 e. The van der Waals surface area contributed by atoms with E-state index in [2.05, 4.69) is 10.4 Å². The molecule has 0 bridgehead atoms. The maximum Gasteiger partial charge on any atom is 0.435 e. The van der Waals surface area contributed by atoms with E-state index in [4.69, 9.17) is 0 Å². The molecule has 1 N–H and O–H groups in total. The molecule has 2 aromatic rings. The average Bonchev–Trinajstić information content (AvgIpc) is 3.03. The topological polar surface area (TPSA) is 67.2 Å². The number of alkyl halides is 3. The molecule has 0 spiro atoms. The van der Waals surface area contributed by atoms with Gasteiger partial charge in [-0.05, 0) is 31.5 Å². The van der Waals surface area contributed by atoms with Crippen LogP contribution in [-0.4, -0.2) is 39.6 Å². The number of halogens is 3. The molecule has 1 aromatic heterocycles. The second-order valence-corrected chi connectivity index (χ2v) is 5.92. The highest BCUT2D eigenvalue weighted by atomic mass is 19.4. The van der Waals surface area contributed by atoms with Crippen LogP contribution in [0.25, 0.3) is 0 Å². The Morgan fingerprint density at radius 2 is 1.74 bits per heavy atom. The predicted molar refractivity (Wildman–Crippen MR) is 93.1 cm³/mol. The minimum atomic E-state index is -4.71. The highest BCUT2D eigenvalue weighted by Gasteiger charge is 2.38. The van der Waals surface area contributed by atoms with Crippen LogP contribution in [0.1, 0.15) is 45.8 Å². The third kappa shape index (κ3) is 4.87. The normalized spacial score (nSPS) is 11.3. The van der Waals surface area contributed by atoms with Crippen molar-refractivity contribution in [1.29, 1.82) is 0 Å². The van der Waals surface area contributed by atoms with Crippen molar-refractivity contribution in [1.82, 2.24) is 20.0 Å². The first-order chi connectivity index (χ1) is 12.7. The Morgan fingerprint density at radius 3 is 2.26 bits per heavy atom. The lowest BCUT2D eigenvalue weighted by Gasteiger charge is -2.18. The van der Waals surface area contributed by atoms with Gasteiger partial charge in [-0.25, -0.2) is 0 Å². The second kappa shape index (κ2) is 8.24. The number of aryl methyl sites for hydroxylation is 1. The summed E-state index contributed by atoms with van der Waals surface area (Å²) in [6.07, 6.45) is -3.68. The number of aromatic nitrogens is 2. The van der Waals surface area contributed by atoms with Crippen LogP contribution in [0.15, 0.2) is 30.5 Å². The van der Waals surface area contributed by atoms with Gasteiger partial charge in [-0.1, -0.05) is 12.1 Å². The molecule has 0 saturated heterocycles. The third-order valence-electron chi connectivity index (χ3n) is 4.05. The lowest BCUT2D eigenvalue weighted by molar-refractivity contribution is -0.141. The summed E-state index contributed by atoms with van der Waals surface area (Å²) in [5.41, 5.74) is -0.571. The van der Waals surface area contributed by atoms with E-state index in [0.29, 0.717) is 24.2 Å². The standard InChI is InChI=1S/C18H21F3N4O2/c1-4-25(5-2)17(27)13-8-6-12(7-9-13)10-22-16(26)14-11-24(3)23-15(14)18(19,20)21/h6-9,11H,4-5,10H2,1-3H3,(H,22,26). The van der Waals surface area contributed by atoms with E-state index >= 15 is 0 Å². The molecule has 0 aliphatic carbocycles. The molecule has 0 radical (unpaired) electrons. The van der Waals surface area contributed by atoms with Crippen molar-refractivity contribution < 1.29 is 22.8 Å². The van der Waals surface area contributed by atoms with Crippen LogP contribution in [0.2, 0.25) is 0 Å². The summed E-state index contributed by atoms with van der Waals surface area (Å²) in [5, 5.41) is 5.76. The largest absolute Gasteiger partial charge is 0.435 e. The maximum absolute atomic E-state index is 12.9. The number of carbonyl (C=O) groups excluding carboxylic acids is 2. The minimum absolute atomic E-state index is 0.0325. The number of nitrogens with one attached hydrogen (secondary N) is 1. The fourth-order valence-electron chi connectivity index (χ4n) is 2.60. The van der Waals surface area contributed by atoms with Gasteiger partial charge in [0.25, 0.3) is 11.8 Å². The molecular weight excluding hydrogens is 361 g/mol. The van der Waals surface area contributed by atoms with E-state index < -0.39 is 23.3 Å². The van der Waals surface area contributed by atoms with Crippen LogP contribution in [0.4, 0.5) is 13.2 Å². The van der Waals surface area contributed by atoms with Gasteiger partial charge in [0, 0.05) is 38.4 Å². The van der Waals surface area contributed by atoms with Crippen LogP contribution < -0.4 is 5.32 Å². The van der Waals surface area contributed by atoms with E-state index in [1.165, 1.54) is 7.05 Å². The molecule has 1 heterocycles. The fourth-order valence-corrected chi connectivity index (χ4v) is 2.60. The van der Waals surface area contributed by atoms with Gasteiger partial charge in [-0.2, -0.15) is 18.3 Å². The van der Waals surface area contributed by atoms with Crippen molar-refractivity contribution in [3.05, 3.63) is 52.8 Å². The molecule has 1 aromatic carbocycles. The Kier molecular flexibility index (Phi) is 6.24. The highest BCUT2D eigenvalue weighted by molar-refractivity contribution is 5.95. The van der Waals surface area contributed by atoms with Gasteiger partial charge in [0.15, 0.2) is 5.69 Å². The summed E-state index contributed by atoms with van der Waals surface area (Å²) in [4.78, 5) is 26.0. The number of carbonyl (C=O) groups is 2. The lowest BCUT2D eigenvalue weighted by atomic mass is 10.1. The van der Waals surface area contributed by atoms with Gasteiger partial charge in [0.2, 0.25) is 0 Å². The summed E-state index contributed by atoms with van der Waals surface area (Å²) in [6, 6.07) is 6.58. The molecule has 9 heteroatoms. The summed E-state index contributed by atoms with van der Waals surface area (Å²) >= 11 is 0. The zero-order chi connectivity index (χ0) is 20.2. The predicted octanol–water partition coefficient (Wildman–Crippen LogP) is 2.85. The summed E-state index contributed by atoms with van der Waals surface area (Å²) in [6.45, 7) is 5.00. The van der Waals surface area contributed by atoms with Gasteiger partial charge in [0.05, 0.1) is 5.56 Å². The molecule has 2 amide bonds. The quantitative estimate of drug-likeness (QED) is 0.836. The molecule has 146 valence electrons. The Morgan fingerprint density at radius 1 is 1.15 bits per heavy atom. The van der Waals surface area contributed by atoms with Crippen LogP contribution in [0.5, 0.6) is 0 Å². The van der Waals surface area contributed by atoms with Gasteiger partial charge in [-0.15, -0.1) is 0 Å². The Bertz CT molecular complexity index is 809. The summed E-state index contributed by atoms with van der Waals surface area (Å²) < 4.78 is 39.8. The zero-order valence-electron chi connectivity index (χ0n) is 15.3. The molecule has 0 saturated carbocycles. The van der Waals surface area contributed by atoms with E-state index in [-0.39, 0.29) is 12.5 Å². The molecule has 6 nitrogen and oxygen atoms in total. The zero-order valence-corrected chi connectivity index (χ0v) is 15.3. The highest BCUT2D eigenvalue weighted by Crippen LogP contribution is 2.30. The summed E-state index contributed by atoms with van der Waals surface area (Å²) in [5.74, 6) is -0.959. The maximum atomic E-state index is 12.9. The molecule has 0 unspecified atom stereocenters. The molecule has 2 rings (SSSR count). The number of rotatable bonds is 6. The molecule has 0 aliphatic rings. The van der Waals surface area contributed by atoms with Crippen molar-refractivity contribution in [3.8, 4) is 0 Å². The first kappa shape index (κ1) is 20.5. The molecule has 27 heavy (non-hydrogen) atoms. The van der Waals surface area contributed by atoms with Crippen molar-refractivity contribution in [2.24, 2.45) is 7.05 Å². The van der Waals surface area contributed by atoms with Gasteiger partial charge in [0.1, 0.15) is 0 Å². The number of amides is 2. The van der Waals surface area contributed by atoms with Crippen molar-refractivity contribution in [2.45, 2.75) is 26.6 Å². The van der Waals surface area contributed by atoms with E-state index in [0.717, 1.165) is 10.9 Å². The van der Waals surface area contributed by atoms with Crippen LogP contribution in [-0.2, 0) is 19.8 Å². The van der Waals surface area contributed by atoms with Crippen LogP contribution in [0.3, 0.4) is 0 Å². The smallest absolute Gasteiger partial charge is 0.348 e. The van der Waals surface area contributed by atoms with Crippen LogP contribution in [0, 0.1) is 0 Å². The number of hydrogen-bond acceptors (Lipinski definition) is 3. The lowest BCUT2D eigenvalue weighted by Crippen LogP contribution is -2.30. The third-order valence-corrected chi connectivity index (χ3v) is 4.05. The molecule has 0 fully saturated rings. The Hall–Kier alpha value is -2.84. The van der Waals surface area contributed by atoms with Crippen molar-refractivity contribution in [2.75, 3.05) is 13.1 Å². The van der Waals surface area contributed by atoms with E-state index in [9.17, 15) is 22.8 Å². The first-order valence-corrected chi connectivity index (χ1v) is 8.44. The van der Waals surface area contributed by atoms with Crippen molar-refractivity contribution in [3.63, 3.8) is 0 Å². The second-order valence-electron chi connectivity index (χ2n) is 5.92. The molecular formula is C18H21F3N4O2. The average molecular weight is 382 g/mol. The monoisotopic (exact) mass is 382 g/mol. The molecule has 0 aliphatic heterocycles. The number of hydrogen-bond donors (Lipinski definition) is 1. The SMILES string of the molecule is CCN(CC)C(=O)c1ccc(CNC(=O)c2cn(C)nc2C(F)(F)F)cc1. The Balaban J connectivity index is 2.05. The Labute approximate surface area is 155 Å². The van der Waals surface area contributed by atoms with Crippen molar-refractivity contribution >= 4 is 11.8 Å². The van der Waals surface area contributed by atoms with E-state index in [1.807, 2.05) is 13.8 Å². The van der Waals surface area contributed by atoms with Gasteiger partial charge < -0.3 is 10.2 Å². The molecule has 0 atom stereocenters. The van der Waals surface area contributed by atoms with Gasteiger partial charge in [-0.3, -0.25) is 14.3 Å². The fraction of sp³-hybridized carbons (Fsp3) is 0.389. The summed E-state index contributed by atoms with van der Waals surface area (Å²) in [7, 11) is 1.32. The number of nitrogens with zero attached hydrogens (tertiary/aromatic N) is 3. The first-order valence-electron chi connectivity index (χ1n) is 8.44. The van der Waals surface area contributed by atoms with Gasteiger partial charge >= 0.3 is 6.18 Å².